The van der Waals surface area contributed by atoms with Crippen molar-refractivity contribution in [2.24, 2.45) is 0 Å². The third-order valence-electron chi connectivity index (χ3n) is 8.87. The van der Waals surface area contributed by atoms with Crippen molar-refractivity contribution in [2.45, 2.75) is 0 Å². The van der Waals surface area contributed by atoms with Crippen LogP contribution in [0.25, 0.3) is 44.3 Å². The van der Waals surface area contributed by atoms with Crippen LogP contribution in [0.3, 0.4) is 0 Å². The predicted octanol–water partition coefficient (Wildman–Crippen LogP) is 12.7. The Labute approximate surface area is 276 Å². The van der Waals surface area contributed by atoms with Crippen LogP contribution in [0.5, 0.6) is 0 Å². The van der Waals surface area contributed by atoms with Crippen LogP contribution in [0, 0.1) is 0 Å². The summed E-state index contributed by atoms with van der Waals surface area (Å²) < 4.78 is 0. The molecule has 0 aliphatic rings. The second-order valence-electron chi connectivity index (χ2n) is 11.8. The van der Waals surface area contributed by atoms with Crippen molar-refractivity contribution in [1.82, 2.24) is 0 Å². The number of nitrogens with zero attached hydrogens (tertiary/aromatic N) is 1. The summed E-state index contributed by atoms with van der Waals surface area (Å²) in [7, 11) is 0. The van der Waals surface area contributed by atoms with Gasteiger partial charge >= 0.3 is 0 Å². The minimum atomic E-state index is 1.12. The van der Waals surface area contributed by atoms with Crippen molar-refractivity contribution in [1.29, 1.82) is 0 Å². The molecule has 0 saturated heterocycles. The molecular weight excluding hydrogens is 567 g/mol. The molecule has 0 aliphatic heterocycles. The fourth-order valence-electron chi connectivity index (χ4n) is 6.54. The smallest absolute Gasteiger partial charge is 0.0540 e. The lowest BCUT2D eigenvalue weighted by Gasteiger charge is -2.27. The number of benzene rings is 8. The number of para-hydroxylation sites is 1. The maximum atomic E-state index is 2.35. The molecule has 0 bridgehead atoms. The molecule has 0 heterocycles. The van der Waals surface area contributed by atoms with Crippen LogP contribution in [-0.2, 0) is 0 Å². The average Bonchev–Trinajstić information content (AvgIpc) is 3.15. The zero-order valence-electron chi connectivity index (χ0n) is 26.0. The highest BCUT2D eigenvalue weighted by atomic mass is 15.1. The van der Waals surface area contributed by atoms with E-state index in [1.165, 1.54) is 60.6 Å². The standard InChI is InChI=1S/C46H33N/c1-3-13-39(14-4-1)45(44-23-11-17-37-15-7-9-21-42(37)44)33-34-25-27-35(28-26-34)36-29-31-41(32-30-36)47(40-19-5-2-6-20-40)46-24-12-18-38-16-8-10-22-43(38)46/h1-33H/b45-33+. The van der Waals surface area contributed by atoms with Gasteiger partial charge in [-0.05, 0) is 86.0 Å². The quantitative estimate of drug-likeness (QED) is 0.165. The molecule has 0 amide bonds. The summed E-state index contributed by atoms with van der Waals surface area (Å²) in [6.45, 7) is 0. The summed E-state index contributed by atoms with van der Waals surface area (Å²) in [5, 5.41) is 4.96. The summed E-state index contributed by atoms with van der Waals surface area (Å²) in [6, 6.07) is 69.4. The number of rotatable bonds is 7. The molecular formula is C46H33N. The Hall–Kier alpha value is -6.18. The molecule has 0 aliphatic carbocycles. The molecule has 0 N–H and O–H groups in total. The van der Waals surface area contributed by atoms with Gasteiger partial charge in [0, 0.05) is 16.8 Å². The van der Waals surface area contributed by atoms with Crippen LogP contribution in [0.4, 0.5) is 17.1 Å². The van der Waals surface area contributed by atoms with Gasteiger partial charge in [-0.3, -0.25) is 0 Å². The van der Waals surface area contributed by atoms with Gasteiger partial charge in [0.15, 0.2) is 0 Å². The molecule has 1 nitrogen and oxygen atoms in total. The highest BCUT2D eigenvalue weighted by molar-refractivity contribution is 6.03. The SMILES string of the molecule is C(=C(/c1ccccc1)c1cccc2ccccc12)/c1ccc(-c2ccc(N(c3ccccc3)c3cccc4ccccc34)cc2)cc1. The van der Waals surface area contributed by atoms with Crippen LogP contribution in [-0.4, -0.2) is 0 Å². The molecule has 222 valence electrons. The molecule has 0 atom stereocenters. The Balaban J connectivity index is 1.14. The van der Waals surface area contributed by atoms with E-state index < -0.39 is 0 Å². The fourth-order valence-corrected chi connectivity index (χ4v) is 6.54. The van der Waals surface area contributed by atoms with Crippen LogP contribution < -0.4 is 4.90 Å². The van der Waals surface area contributed by atoms with Crippen LogP contribution in [0.1, 0.15) is 16.7 Å². The zero-order valence-corrected chi connectivity index (χ0v) is 26.0. The summed E-state index contributed by atoms with van der Waals surface area (Å²) in [5.41, 5.74) is 10.6. The number of hydrogen-bond acceptors (Lipinski definition) is 1. The highest BCUT2D eigenvalue weighted by Gasteiger charge is 2.15. The first kappa shape index (κ1) is 28.3. The largest absolute Gasteiger partial charge is 0.310 e. The molecule has 0 unspecified atom stereocenters. The number of fused-ring (bicyclic) bond motifs is 2. The topological polar surface area (TPSA) is 3.24 Å². The van der Waals surface area contributed by atoms with Crippen molar-refractivity contribution < 1.29 is 0 Å². The van der Waals surface area contributed by atoms with E-state index in [4.69, 9.17) is 0 Å². The monoisotopic (exact) mass is 599 g/mol. The molecule has 8 aromatic rings. The van der Waals surface area contributed by atoms with E-state index in [1.807, 2.05) is 0 Å². The normalized spacial score (nSPS) is 11.5. The Morgan fingerprint density at radius 1 is 0.383 bits per heavy atom. The summed E-state index contributed by atoms with van der Waals surface area (Å²) in [4.78, 5) is 2.35. The van der Waals surface area contributed by atoms with Crippen LogP contribution in [0.15, 0.2) is 194 Å². The molecule has 0 saturated carbocycles. The van der Waals surface area contributed by atoms with Crippen molar-refractivity contribution in [3.05, 3.63) is 211 Å². The van der Waals surface area contributed by atoms with E-state index in [-0.39, 0.29) is 0 Å². The van der Waals surface area contributed by atoms with Gasteiger partial charge in [0.05, 0.1) is 5.69 Å². The van der Waals surface area contributed by atoms with Gasteiger partial charge in [-0.25, -0.2) is 0 Å². The van der Waals surface area contributed by atoms with Gasteiger partial charge in [0.2, 0.25) is 0 Å². The van der Waals surface area contributed by atoms with Crippen LogP contribution in [0.2, 0.25) is 0 Å². The zero-order chi connectivity index (χ0) is 31.4. The average molecular weight is 600 g/mol. The maximum absolute atomic E-state index is 2.35. The summed E-state index contributed by atoms with van der Waals surface area (Å²) in [5.74, 6) is 0. The molecule has 47 heavy (non-hydrogen) atoms. The first-order valence-electron chi connectivity index (χ1n) is 16.1. The van der Waals surface area contributed by atoms with E-state index in [9.17, 15) is 0 Å². The molecule has 0 aromatic heterocycles. The summed E-state index contributed by atoms with van der Waals surface area (Å²) >= 11 is 0. The first-order chi connectivity index (χ1) is 23.3. The van der Waals surface area contributed by atoms with Crippen molar-refractivity contribution in [2.75, 3.05) is 4.90 Å². The fraction of sp³-hybridized carbons (Fsp3) is 0. The third kappa shape index (κ3) is 5.72. The van der Waals surface area contributed by atoms with Gasteiger partial charge in [0.1, 0.15) is 0 Å². The third-order valence-corrected chi connectivity index (χ3v) is 8.87. The second-order valence-corrected chi connectivity index (χ2v) is 11.8. The van der Waals surface area contributed by atoms with E-state index in [2.05, 4.69) is 205 Å². The van der Waals surface area contributed by atoms with Crippen molar-refractivity contribution in [3.8, 4) is 11.1 Å². The molecule has 0 spiro atoms. The lowest BCUT2D eigenvalue weighted by Crippen LogP contribution is -2.10. The minimum Gasteiger partial charge on any atom is -0.310 e. The predicted molar refractivity (Wildman–Crippen MR) is 201 cm³/mol. The highest BCUT2D eigenvalue weighted by Crippen LogP contribution is 2.39. The van der Waals surface area contributed by atoms with Gasteiger partial charge in [-0.15, -0.1) is 0 Å². The maximum Gasteiger partial charge on any atom is 0.0540 e. The Kier molecular flexibility index (Phi) is 7.63. The van der Waals surface area contributed by atoms with Gasteiger partial charge in [-0.2, -0.15) is 0 Å². The van der Waals surface area contributed by atoms with E-state index in [1.54, 1.807) is 0 Å². The van der Waals surface area contributed by atoms with E-state index in [0.29, 0.717) is 0 Å². The Bertz CT molecular complexity index is 2310. The number of hydrogen-bond donors (Lipinski definition) is 0. The van der Waals surface area contributed by atoms with Gasteiger partial charge in [0.25, 0.3) is 0 Å². The number of anilines is 3. The molecule has 8 rings (SSSR count). The molecule has 8 aromatic carbocycles. The second kappa shape index (κ2) is 12.7. The van der Waals surface area contributed by atoms with Crippen LogP contribution >= 0.6 is 0 Å². The molecule has 0 fully saturated rings. The lowest BCUT2D eigenvalue weighted by atomic mass is 9.91. The Morgan fingerprint density at radius 2 is 0.894 bits per heavy atom. The Morgan fingerprint density at radius 3 is 1.60 bits per heavy atom. The first-order valence-corrected chi connectivity index (χ1v) is 16.1. The van der Waals surface area contributed by atoms with Crippen molar-refractivity contribution >= 4 is 50.3 Å². The minimum absolute atomic E-state index is 1.12. The summed E-state index contributed by atoms with van der Waals surface area (Å²) in [6.07, 6.45) is 2.31. The molecule has 1 heteroatoms. The lowest BCUT2D eigenvalue weighted by molar-refractivity contribution is 1.30. The van der Waals surface area contributed by atoms with E-state index >= 15 is 0 Å². The van der Waals surface area contributed by atoms with Gasteiger partial charge in [-0.1, -0.05) is 164 Å². The van der Waals surface area contributed by atoms with Crippen molar-refractivity contribution in [3.63, 3.8) is 0 Å². The molecule has 0 radical (unpaired) electrons. The van der Waals surface area contributed by atoms with E-state index in [0.717, 1.165) is 11.4 Å². The van der Waals surface area contributed by atoms with Gasteiger partial charge < -0.3 is 4.90 Å².